The Bertz CT molecular complexity index is 227. The van der Waals surface area contributed by atoms with Crippen LogP contribution in [-0.4, -0.2) is 4.98 Å². The summed E-state index contributed by atoms with van der Waals surface area (Å²) < 4.78 is 3.27. The van der Waals surface area contributed by atoms with Crippen molar-refractivity contribution in [2.24, 2.45) is 0 Å². The third-order valence-electron chi connectivity index (χ3n) is 0.862. The van der Waals surface area contributed by atoms with Crippen molar-refractivity contribution in [1.82, 2.24) is 4.98 Å². The monoisotopic (exact) mass is 199 g/mol. The number of halogens is 3. The maximum Gasteiger partial charge on any atom is 0.266 e. The number of rotatable bonds is 0. The molecule has 56 valence electrons. The van der Waals surface area contributed by atoms with Crippen molar-refractivity contribution in [2.75, 3.05) is 0 Å². The quantitative estimate of drug-likeness (QED) is 0.602. The van der Waals surface area contributed by atoms with E-state index < -0.39 is 3.79 Å². The molecule has 0 aromatic carbocycles. The fourth-order valence-electron chi connectivity index (χ4n) is 0.484. The molecule has 0 radical (unpaired) electrons. The number of hydrogen-bond donors (Lipinski definition) is 0. The average molecular weight is 200 g/mol. The Morgan fingerprint density at radius 2 is 2.10 bits per heavy atom. The first-order valence-electron chi connectivity index (χ1n) is 2.49. The lowest BCUT2D eigenvalue weighted by atomic mass is 10.6. The van der Waals surface area contributed by atoms with E-state index in [0.29, 0.717) is 5.69 Å². The highest BCUT2D eigenvalue weighted by Crippen LogP contribution is 2.37. The molecule has 0 fully saturated rings. The molecule has 0 saturated carbocycles. The van der Waals surface area contributed by atoms with Crippen molar-refractivity contribution < 1.29 is 4.42 Å². The Balaban J connectivity index is 2.96. The molecule has 0 N–H and O–H groups in total. The fraction of sp³-hybridized carbons (Fsp3) is 0.400. The normalized spacial score (nSPS) is 12.0. The van der Waals surface area contributed by atoms with E-state index in [-0.39, 0.29) is 5.89 Å². The van der Waals surface area contributed by atoms with Crippen LogP contribution in [0.15, 0.2) is 10.7 Å². The molecular weight excluding hydrogens is 196 g/mol. The predicted molar refractivity (Wildman–Crippen MR) is 40.5 cm³/mol. The van der Waals surface area contributed by atoms with Gasteiger partial charge in [-0.15, -0.1) is 0 Å². The van der Waals surface area contributed by atoms with Crippen LogP contribution in [0.25, 0.3) is 0 Å². The van der Waals surface area contributed by atoms with E-state index in [9.17, 15) is 0 Å². The smallest absolute Gasteiger partial charge is 0.266 e. The highest BCUT2D eigenvalue weighted by molar-refractivity contribution is 6.66. The van der Waals surface area contributed by atoms with E-state index in [0.717, 1.165) is 0 Å². The van der Waals surface area contributed by atoms with Gasteiger partial charge in [0.2, 0.25) is 5.89 Å². The number of alkyl halides is 3. The Kier molecular flexibility index (Phi) is 2.13. The maximum absolute atomic E-state index is 5.45. The standard InChI is InChI=1S/C5H4Cl3NO/c1-3-2-10-4(9-3)5(6,7)8/h2H,1H3. The Hall–Kier alpha value is 0.0800. The molecule has 1 rings (SSSR count). The minimum Gasteiger partial charge on any atom is -0.445 e. The molecule has 1 aromatic heterocycles. The van der Waals surface area contributed by atoms with Crippen LogP contribution in [-0.2, 0) is 3.79 Å². The van der Waals surface area contributed by atoms with E-state index >= 15 is 0 Å². The number of nitrogens with zero attached hydrogens (tertiary/aromatic N) is 1. The van der Waals surface area contributed by atoms with Crippen molar-refractivity contribution in [3.05, 3.63) is 17.8 Å². The molecule has 0 spiro atoms. The Morgan fingerprint density at radius 3 is 2.30 bits per heavy atom. The zero-order valence-corrected chi connectivity index (χ0v) is 7.33. The minimum atomic E-state index is -1.55. The number of oxazole rings is 1. The Morgan fingerprint density at radius 1 is 1.50 bits per heavy atom. The molecule has 0 aliphatic carbocycles. The lowest BCUT2D eigenvalue weighted by Crippen LogP contribution is -1.99. The van der Waals surface area contributed by atoms with Gasteiger partial charge in [-0.1, -0.05) is 34.8 Å². The number of aryl methyl sites for hydroxylation is 1. The number of aromatic nitrogens is 1. The summed E-state index contributed by atoms with van der Waals surface area (Å²) in [6.45, 7) is 1.75. The molecule has 1 aromatic rings. The summed E-state index contributed by atoms with van der Waals surface area (Å²) in [5, 5.41) is 0. The first-order valence-corrected chi connectivity index (χ1v) is 3.63. The molecule has 5 heteroatoms. The van der Waals surface area contributed by atoms with Crippen molar-refractivity contribution >= 4 is 34.8 Å². The van der Waals surface area contributed by atoms with Crippen LogP contribution >= 0.6 is 34.8 Å². The van der Waals surface area contributed by atoms with E-state index in [2.05, 4.69) is 4.98 Å². The molecule has 2 nitrogen and oxygen atoms in total. The van der Waals surface area contributed by atoms with Crippen LogP contribution in [0.1, 0.15) is 11.6 Å². The van der Waals surface area contributed by atoms with E-state index in [1.807, 2.05) is 0 Å². The number of hydrogen-bond acceptors (Lipinski definition) is 2. The van der Waals surface area contributed by atoms with Gasteiger partial charge in [0.05, 0.1) is 5.69 Å². The van der Waals surface area contributed by atoms with Gasteiger partial charge in [-0.05, 0) is 6.92 Å². The SMILES string of the molecule is Cc1coc(C(Cl)(Cl)Cl)n1. The molecule has 0 saturated heterocycles. The van der Waals surface area contributed by atoms with Gasteiger partial charge in [0.1, 0.15) is 6.26 Å². The molecule has 10 heavy (non-hydrogen) atoms. The first-order chi connectivity index (χ1) is 4.50. The van der Waals surface area contributed by atoms with Crippen LogP contribution in [0.4, 0.5) is 0 Å². The topological polar surface area (TPSA) is 26.0 Å². The summed E-state index contributed by atoms with van der Waals surface area (Å²) in [4.78, 5) is 3.82. The van der Waals surface area contributed by atoms with E-state index in [4.69, 9.17) is 39.2 Å². The molecule has 0 amide bonds. The van der Waals surface area contributed by atoms with Gasteiger partial charge in [0, 0.05) is 0 Å². The lowest BCUT2D eigenvalue weighted by molar-refractivity contribution is 0.503. The summed E-state index contributed by atoms with van der Waals surface area (Å²) in [7, 11) is 0. The first kappa shape index (κ1) is 8.18. The summed E-state index contributed by atoms with van der Waals surface area (Å²) in [6.07, 6.45) is 1.43. The summed E-state index contributed by atoms with van der Waals surface area (Å²) in [5.74, 6) is 0.106. The van der Waals surface area contributed by atoms with E-state index in [1.54, 1.807) is 6.92 Å². The van der Waals surface area contributed by atoms with Crippen LogP contribution in [0.2, 0.25) is 0 Å². The molecule has 0 aliphatic heterocycles. The average Bonchev–Trinajstić information content (AvgIpc) is 2.11. The zero-order chi connectivity index (χ0) is 7.78. The molecular formula is C5H4Cl3NO. The summed E-state index contributed by atoms with van der Waals surface area (Å²) in [5.41, 5.74) is 0.696. The second-order valence-electron chi connectivity index (χ2n) is 1.79. The van der Waals surface area contributed by atoms with Gasteiger partial charge in [-0.2, -0.15) is 0 Å². The molecule has 0 bridgehead atoms. The third-order valence-corrected chi connectivity index (χ3v) is 1.35. The minimum absolute atomic E-state index is 0.106. The Labute approximate surface area is 73.1 Å². The lowest BCUT2D eigenvalue weighted by Gasteiger charge is -2.02. The molecule has 0 aliphatic rings. The van der Waals surface area contributed by atoms with Crippen molar-refractivity contribution in [3.8, 4) is 0 Å². The van der Waals surface area contributed by atoms with E-state index in [1.165, 1.54) is 6.26 Å². The van der Waals surface area contributed by atoms with Crippen LogP contribution in [0.5, 0.6) is 0 Å². The predicted octanol–water partition coefficient (Wildman–Crippen LogP) is 2.81. The van der Waals surface area contributed by atoms with Crippen LogP contribution in [0, 0.1) is 6.92 Å². The summed E-state index contributed by atoms with van der Waals surface area (Å²) >= 11 is 16.3. The maximum atomic E-state index is 5.45. The van der Waals surface area contributed by atoms with Crippen LogP contribution < -0.4 is 0 Å². The second kappa shape index (κ2) is 2.61. The van der Waals surface area contributed by atoms with Gasteiger partial charge < -0.3 is 4.42 Å². The van der Waals surface area contributed by atoms with Gasteiger partial charge >= 0.3 is 0 Å². The largest absolute Gasteiger partial charge is 0.445 e. The molecule has 0 atom stereocenters. The van der Waals surface area contributed by atoms with Crippen molar-refractivity contribution in [2.45, 2.75) is 10.7 Å². The second-order valence-corrected chi connectivity index (χ2v) is 4.07. The third kappa shape index (κ3) is 1.78. The van der Waals surface area contributed by atoms with Gasteiger partial charge in [-0.3, -0.25) is 0 Å². The van der Waals surface area contributed by atoms with Crippen molar-refractivity contribution in [3.63, 3.8) is 0 Å². The molecule has 0 unspecified atom stereocenters. The highest BCUT2D eigenvalue weighted by Gasteiger charge is 2.28. The fourth-order valence-corrected chi connectivity index (χ4v) is 0.745. The van der Waals surface area contributed by atoms with Gasteiger partial charge in [0.15, 0.2) is 0 Å². The van der Waals surface area contributed by atoms with Crippen molar-refractivity contribution in [1.29, 1.82) is 0 Å². The zero-order valence-electron chi connectivity index (χ0n) is 5.07. The van der Waals surface area contributed by atoms with Gasteiger partial charge in [-0.25, -0.2) is 4.98 Å². The summed E-state index contributed by atoms with van der Waals surface area (Å²) in [6, 6.07) is 0. The van der Waals surface area contributed by atoms with Crippen LogP contribution in [0.3, 0.4) is 0 Å². The van der Waals surface area contributed by atoms with Gasteiger partial charge in [0.25, 0.3) is 3.79 Å². The molecule has 1 heterocycles. The highest BCUT2D eigenvalue weighted by atomic mass is 35.6.